The van der Waals surface area contributed by atoms with Gasteiger partial charge < -0.3 is 10.1 Å². The number of hydrogen-bond donors (Lipinski definition) is 1. The van der Waals surface area contributed by atoms with E-state index < -0.39 is 6.04 Å². The van der Waals surface area contributed by atoms with Crippen molar-refractivity contribution < 1.29 is 13.9 Å². The molecular weight excluding hydrogens is 259 g/mol. The van der Waals surface area contributed by atoms with E-state index in [-0.39, 0.29) is 18.1 Å². The zero-order valence-corrected chi connectivity index (χ0v) is 11.6. The smallest absolute Gasteiger partial charge is 0.221 e. The summed E-state index contributed by atoms with van der Waals surface area (Å²) in [4.78, 5) is 11.6. The van der Waals surface area contributed by atoms with Gasteiger partial charge in [-0.25, -0.2) is 4.39 Å². The Hall–Kier alpha value is -2.09. The van der Waals surface area contributed by atoms with E-state index in [0.29, 0.717) is 25.2 Å². The molecule has 1 atom stereocenters. The van der Waals surface area contributed by atoms with Gasteiger partial charge in [0.25, 0.3) is 0 Å². The van der Waals surface area contributed by atoms with Gasteiger partial charge in [0, 0.05) is 12.5 Å². The number of rotatable bonds is 8. The van der Waals surface area contributed by atoms with E-state index >= 15 is 0 Å². The van der Waals surface area contributed by atoms with Crippen LogP contribution >= 0.6 is 0 Å². The van der Waals surface area contributed by atoms with E-state index in [0.717, 1.165) is 6.42 Å². The third-order valence-electron chi connectivity index (χ3n) is 2.68. The third-order valence-corrected chi connectivity index (χ3v) is 2.68. The van der Waals surface area contributed by atoms with Crippen molar-refractivity contribution in [1.29, 1.82) is 5.26 Å². The Morgan fingerprint density at radius 3 is 3.00 bits per heavy atom. The quantitative estimate of drug-likeness (QED) is 0.744. The highest BCUT2D eigenvalue weighted by Gasteiger charge is 2.09. The molecule has 0 spiro atoms. The number of benzene rings is 1. The first kappa shape index (κ1) is 16.0. The van der Waals surface area contributed by atoms with Crippen LogP contribution in [-0.4, -0.2) is 18.6 Å². The number of ether oxygens (including phenoxy) is 1. The zero-order chi connectivity index (χ0) is 14.8. The number of hydrogen-bond acceptors (Lipinski definition) is 3. The fraction of sp³-hybridized carbons (Fsp3) is 0.467. The van der Waals surface area contributed by atoms with Crippen molar-refractivity contribution in [3.05, 3.63) is 30.1 Å². The lowest BCUT2D eigenvalue weighted by Gasteiger charge is -2.10. The van der Waals surface area contributed by atoms with Crippen LogP contribution in [0, 0.1) is 17.1 Å². The highest BCUT2D eigenvalue weighted by Crippen LogP contribution is 2.12. The van der Waals surface area contributed by atoms with Crippen LogP contribution in [0.25, 0.3) is 0 Å². The Morgan fingerprint density at radius 2 is 2.35 bits per heavy atom. The lowest BCUT2D eigenvalue weighted by Crippen LogP contribution is -2.33. The average molecular weight is 278 g/mol. The summed E-state index contributed by atoms with van der Waals surface area (Å²) in [5, 5.41) is 11.5. The lowest BCUT2D eigenvalue weighted by atomic mass is 10.2. The molecule has 1 aromatic rings. The predicted octanol–water partition coefficient (Wildman–Crippen LogP) is 2.79. The Labute approximate surface area is 118 Å². The molecule has 1 amide bonds. The van der Waals surface area contributed by atoms with Crippen LogP contribution in [0.4, 0.5) is 4.39 Å². The van der Waals surface area contributed by atoms with Gasteiger partial charge in [-0.2, -0.15) is 5.26 Å². The van der Waals surface area contributed by atoms with Gasteiger partial charge in [-0.1, -0.05) is 19.4 Å². The standard InChI is InChI=1S/C15H19FN2O2/c1-2-5-13(11-17)18-15(19)8-4-9-20-14-7-3-6-12(16)10-14/h3,6-7,10,13H,2,4-5,8-9H2,1H3,(H,18,19). The largest absolute Gasteiger partial charge is 0.493 e. The molecular formula is C15H19FN2O2. The van der Waals surface area contributed by atoms with Crippen LogP contribution in [0.5, 0.6) is 5.75 Å². The van der Waals surface area contributed by atoms with Crippen LogP contribution in [0.3, 0.4) is 0 Å². The number of carbonyl (C=O) groups is 1. The summed E-state index contributed by atoms with van der Waals surface area (Å²) in [6, 6.07) is 7.51. The minimum Gasteiger partial charge on any atom is -0.493 e. The summed E-state index contributed by atoms with van der Waals surface area (Å²) in [7, 11) is 0. The molecule has 0 aliphatic rings. The number of halogens is 1. The van der Waals surface area contributed by atoms with Crippen LogP contribution in [0.15, 0.2) is 24.3 Å². The predicted molar refractivity (Wildman–Crippen MR) is 73.6 cm³/mol. The van der Waals surface area contributed by atoms with Gasteiger partial charge >= 0.3 is 0 Å². The van der Waals surface area contributed by atoms with Gasteiger partial charge in [-0.05, 0) is 25.0 Å². The first-order valence-electron chi connectivity index (χ1n) is 6.73. The molecule has 0 heterocycles. The van der Waals surface area contributed by atoms with Crippen LogP contribution in [0.2, 0.25) is 0 Å². The Morgan fingerprint density at radius 1 is 1.55 bits per heavy atom. The van der Waals surface area contributed by atoms with E-state index in [4.69, 9.17) is 10.00 Å². The summed E-state index contributed by atoms with van der Waals surface area (Å²) in [5.41, 5.74) is 0. The van der Waals surface area contributed by atoms with Gasteiger partial charge in [0.15, 0.2) is 0 Å². The van der Waals surface area contributed by atoms with Crippen molar-refractivity contribution >= 4 is 5.91 Å². The minimum absolute atomic E-state index is 0.159. The fourth-order valence-electron chi connectivity index (χ4n) is 1.70. The number of nitrogens with zero attached hydrogens (tertiary/aromatic N) is 1. The van der Waals surface area contributed by atoms with Crippen molar-refractivity contribution in [2.24, 2.45) is 0 Å². The van der Waals surface area contributed by atoms with Gasteiger partial charge in [-0.15, -0.1) is 0 Å². The molecule has 0 radical (unpaired) electrons. The molecule has 1 aromatic carbocycles. The molecule has 1 unspecified atom stereocenters. The zero-order valence-electron chi connectivity index (χ0n) is 11.6. The summed E-state index contributed by atoms with van der Waals surface area (Å²) >= 11 is 0. The normalized spacial score (nSPS) is 11.4. The summed E-state index contributed by atoms with van der Waals surface area (Å²) < 4.78 is 18.2. The molecule has 5 heteroatoms. The van der Waals surface area contributed by atoms with E-state index in [9.17, 15) is 9.18 Å². The Kier molecular flexibility index (Phi) is 7.12. The van der Waals surface area contributed by atoms with Crippen molar-refractivity contribution in [3.63, 3.8) is 0 Å². The minimum atomic E-state index is -0.420. The molecule has 108 valence electrons. The molecule has 1 rings (SSSR count). The lowest BCUT2D eigenvalue weighted by molar-refractivity contribution is -0.121. The summed E-state index contributed by atoms with van der Waals surface area (Å²) in [5.74, 6) is -0.0594. The maximum Gasteiger partial charge on any atom is 0.221 e. The molecule has 0 bridgehead atoms. The monoisotopic (exact) mass is 278 g/mol. The summed E-state index contributed by atoms with van der Waals surface area (Å²) in [6.07, 6.45) is 2.31. The first-order valence-corrected chi connectivity index (χ1v) is 6.73. The number of nitriles is 1. The molecule has 1 N–H and O–H groups in total. The molecule has 0 aromatic heterocycles. The maximum atomic E-state index is 12.9. The van der Waals surface area contributed by atoms with Crippen LogP contribution in [0.1, 0.15) is 32.6 Å². The topological polar surface area (TPSA) is 62.1 Å². The number of nitrogens with one attached hydrogen (secondary N) is 1. The van der Waals surface area contributed by atoms with E-state index in [2.05, 4.69) is 11.4 Å². The second-order valence-corrected chi connectivity index (χ2v) is 4.45. The van der Waals surface area contributed by atoms with Crippen molar-refractivity contribution in [1.82, 2.24) is 5.32 Å². The number of carbonyl (C=O) groups excluding carboxylic acids is 1. The van der Waals surface area contributed by atoms with Gasteiger partial charge in [-0.3, -0.25) is 4.79 Å². The average Bonchev–Trinajstić information content (AvgIpc) is 2.43. The Balaban J connectivity index is 2.21. The maximum absolute atomic E-state index is 12.9. The van der Waals surface area contributed by atoms with E-state index in [1.807, 2.05) is 6.92 Å². The molecule has 0 aliphatic heterocycles. The third kappa shape index (κ3) is 6.19. The van der Waals surface area contributed by atoms with Gasteiger partial charge in [0.1, 0.15) is 17.6 Å². The van der Waals surface area contributed by atoms with Crippen molar-refractivity contribution in [3.8, 4) is 11.8 Å². The van der Waals surface area contributed by atoms with E-state index in [1.165, 1.54) is 12.1 Å². The van der Waals surface area contributed by atoms with Crippen molar-refractivity contribution in [2.45, 2.75) is 38.6 Å². The van der Waals surface area contributed by atoms with E-state index in [1.54, 1.807) is 12.1 Å². The molecule has 20 heavy (non-hydrogen) atoms. The fourth-order valence-corrected chi connectivity index (χ4v) is 1.70. The molecule has 0 saturated heterocycles. The molecule has 0 fully saturated rings. The first-order chi connectivity index (χ1) is 9.65. The highest BCUT2D eigenvalue weighted by atomic mass is 19.1. The molecule has 0 saturated carbocycles. The highest BCUT2D eigenvalue weighted by molar-refractivity contribution is 5.76. The SMILES string of the molecule is CCCC(C#N)NC(=O)CCCOc1cccc(F)c1. The Bertz CT molecular complexity index is 471. The molecule has 0 aliphatic carbocycles. The second kappa shape index (κ2) is 8.92. The van der Waals surface area contributed by atoms with Gasteiger partial charge in [0.2, 0.25) is 5.91 Å². The molecule has 4 nitrogen and oxygen atoms in total. The van der Waals surface area contributed by atoms with Crippen molar-refractivity contribution in [2.75, 3.05) is 6.61 Å². The van der Waals surface area contributed by atoms with Crippen LogP contribution in [-0.2, 0) is 4.79 Å². The summed E-state index contributed by atoms with van der Waals surface area (Å²) in [6.45, 7) is 2.30. The van der Waals surface area contributed by atoms with Gasteiger partial charge in [0.05, 0.1) is 12.7 Å². The second-order valence-electron chi connectivity index (χ2n) is 4.45. The number of amides is 1. The van der Waals surface area contributed by atoms with Crippen LogP contribution < -0.4 is 10.1 Å².